The zero-order valence-corrected chi connectivity index (χ0v) is 21.9. The second kappa shape index (κ2) is 12.5. The van der Waals surface area contributed by atoms with Crippen molar-refractivity contribution in [2.45, 2.75) is 20.0 Å². The van der Waals surface area contributed by atoms with Crippen LogP contribution in [0.15, 0.2) is 42.5 Å². The summed E-state index contributed by atoms with van der Waals surface area (Å²) in [6.45, 7) is 1.28. The van der Waals surface area contributed by atoms with Gasteiger partial charge in [-0.2, -0.15) is 5.48 Å². The first-order valence-electron chi connectivity index (χ1n) is 11.4. The van der Waals surface area contributed by atoms with Crippen LogP contribution in [0.1, 0.15) is 28.4 Å². The topological polar surface area (TPSA) is 114 Å². The van der Waals surface area contributed by atoms with Gasteiger partial charge in [-0.25, -0.2) is 18.4 Å². The highest BCUT2D eigenvalue weighted by Gasteiger charge is 2.33. The van der Waals surface area contributed by atoms with Gasteiger partial charge in [0, 0.05) is 41.7 Å². The summed E-state index contributed by atoms with van der Waals surface area (Å²) in [6.07, 6.45) is -1.02. The van der Waals surface area contributed by atoms with Crippen molar-refractivity contribution in [1.29, 1.82) is 0 Å². The van der Waals surface area contributed by atoms with E-state index in [2.05, 4.69) is 5.48 Å². The lowest BCUT2D eigenvalue weighted by Crippen LogP contribution is -2.35. The van der Waals surface area contributed by atoms with Gasteiger partial charge in [0.2, 0.25) is 0 Å². The molecule has 3 rings (SSSR count). The van der Waals surface area contributed by atoms with Crippen molar-refractivity contribution in [2.75, 3.05) is 32.6 Å². The van der Waals surface area contributed by atoms with Crippen molar-refractivity contribution < 1.29 is 32.9 Å². The number of hydroxylamine groups is 1. The van der Waals surface area contributed by atoms with E-state index in [1.165, 1.54) is 37.4 Å². The van der Waals surface area contributed by atoms with E-state index in [4.69, 9.17) is 9.57 Å². The zero-order valence-electron chi connectivity index (χ0n) is 21.1. The molecule has 1 N–H and O–H groups in total. The maximum Gasteiger partial charge on any atom is 0.434 e. The number of rotatable bonds is 10. The van der Waals surface area contributed by atoms with Gasteiger partial charge in [0.05, 0.1) is 23.6 Å². The molecule has 10 nitrogen and oxygen atoms in total. The summed E-state index contributed by atoms with van der Waals surface area (Å²) in [5, 5.41) is 11.2. The van der Waals surface area contributed by atoms with E-state index in [1.54, 1.807) is 25.9 Å². The minimum absolute atomic E-state index is 0.0173. The third-order valence-corrected chi connectivity index (χ3v) is 6.62. The minimum atomic E-state index is -1.02. The van der Waals surface area contributed by atoms with E-state index >= 15 is 0 Å². The summed E-state index contributed by atoms with van der Waals surface area (Å²) in [5.74, 6) is -2.52. The number of nitro groups is 1. The largest absolute Gasteiger partial charge is 0.462 e. The Kier molecular flexibility index (Phi) is 9.45. The Balaban J connectivity index is 2.30. The summed E-state index contributed by atoms with van der Waals surface area (Å²) in [6, 6.07) is 8.99. The van der Waals surface area contributed by atoms with E-state index < -0.39 is 40.7 Å². The number of amides is 1. The van der Waals surface area contributed by atoms with Crippen LogP contribution < -0.4 is 10.4 Å². The SMILES string of the molecule is CCOC(=O)c1c(N(Cc2c(F)cccc2F)C(=O)ONC)sc(-c2ccc([N+](=O)[O-])cc2)c1CN(C)C. The summed E-state index contributed by atoms with van der Waals surface area (Å²) >= 11 is 0.998. The molecule has 0 saturated carbocycles. The molecule has 202 valence electrons. The van der Waals surface area contributed by atoms with Gasteiger partial charge in [-0.05, 0) is 50.8 Å². The molecule has 0 atom stereocenters. The second-order valence-corrected chi connectivity index (χ2v) is 9.21. The number of nitrogens with zero attached hydrogens (tertiary/aromatic N) is 3. The Labute approximate surface area is 221 Å². The quantitative estimate of drug-likeness (QED) is 0.211. The first-order chi connectivity index (χ1) is 18.1. The highest BCUT2D eigenvalue weighted by Crippen LogP contribution is 2.44. The number of non-ortho nitro benzene ring substituents is 1. The van der Waals surface area contributed by atoms with Crippen molar-refractivity contribution in [2.24, 2.45) is 0 Å². The molecule has 0 saturated heterocycles. The average molecular weight is 549 g/mol. The third-order valence-electron chi connectivity index (χ3n) is 5.32. The van der Waals surface area contributed by atoms with Crippen LogP contribution in [0.4, 0.5) is 24.3 Å². The average Bonchev–Trinajstić information content (AvgIpc) is 3.22. The van der Waals surface area contributed by atoms with Crippen LogP contribution >= 0.6 is 11.3 Å². The molecule has 0 fully saturated rings. The number of hydrogen-bond donors (Lipinski definition) is 1. The highest BCUT2D eigenvalue weighted by molar-refractivity contribution is 7.20. The van der Waals surface area contributed by atoms with Crippen molar-refractivity contribution in [3.8, 4) is 10.4 Å². The lowest BCUT2D eigenvalue weighted by atomic mass is 10.0. The molecule has 1 aromatic heterocycles. The number of hydrogen-bond acceptors (Lipinski definition) is 9. The number of esters is 1. The Morgan fingerprint density at radius 3 is 2.21 bits per heavy atom. The molecule has 0 aliphatic heterocycles. The Morgan fingerprint density at radius 1 is 1.05 bits per heavy atom. The van der Waals surface area contributed by atoms with Crippen molar-refractivity contribution in [1.82, 2.24) is 10.4 Å². The zero-order chi connectivity index (χ0) is 28.0. The smallest absolute Gasteiger partial charge is 0.434 e. The van der Waals surface area contributed by atoms with Gasteiger partial charge < -0.3 is 14.5 Å². The number of carbonyl (C=O) groups is 2. The Bertz CT molecular complexity index is 1310. The highest BCUT2D eigenvalue weighted by atomic mass is 32.1. The maximum absolute atomic E-state index is 14.6. The minimum Gasteiger partial charge on any atom is -0.462 e. The van der Waals surface area contributed by atoms with E-state index in [1.807, 2.05) is 0 Å². The lowest BCUT2D eigenvalue weighted by Gasteiger charge is -2.22. The Morgan fingerprint density at radius 2 is 1.68 bits per heavy atom. The summed E-state index contributed by atoms with van der Waals surface area (Å²) in [7, 11) is 4.88. The monoisotopic (exact) mass is 548 g/mol. The van der Waals surface area contributed by atoms with Crippen molar-refractivity contribution >= 4 is 34.1 Å². The number of nitro benzene ring substituents is 1. The van der Waals surface area contributed by atoms with Gasteiger partial charge in [0.1, 0.15) is 16.6 Å². The second-order valence-electron chi connectivity index (χ2n) is 8.21. The Hall–Kier alpha value is -3.94. The summed E-state index contributed by atoms with van der Waals surface area (Å²) < 4.78 is 34.5. The van der Waals surface area contributed by atoms with Gasteiger partial charge in [0.15, 0.2) is 0 Å². The molecular formula is C25H26F2N4O6S. The van der Waals surface area contributed by atoms with Gasteiger partial charge in [-0.3, -0.25) is 15.0 Å². The summed E-state index contributed by atoms with van der Waals surface area (Å²) in [4.78, 5) is 45.1. The predicted octanol–water partition coefficient (Wildman–Crippen LogP) is 5.12. The molecule has 0 aliphatic carbocycles. The molecule has 0 aliphatic rings. The number of benzene rings is 2. The molecule has 0 spiro atoms. The van der Waals surface area contributed by atoms with Crippen molar-refractivity contribution in [3.05, 3.63) is 80.9 Å². The van der Waals surface area contributed by atoms with E-state index in [0.717, 1.165) is 28.4 Å². The van der Waals surface area contributed by atoms with Gasteiger partial charge in [0.25, 0.3) is 5.69 Å². The predicted molar refractivity (Wildman–Crippen MR) is 138 cm³/mol. The lowest BCUT2D eigenvalue weighted by molar-refractivity contribution is -0.384. The van der Waals surface area contributed by atoms with Crippen LogP contribution in [0.3, 0.4) is 0 Å². The molecule has 3 aromatic rings. The first kappa shape index (κ1) is 28.6. The number of halogens is 2. The molecular weight excluding hydrogens is 522 g/mol. The van der Waals surface area contributed by atoms with E-state index in [9.17, 15) is 28.5 Å². The molecule has 0 unspecified atom stereocenters. The normalized spacial score (nSPS) is 10.9. The van der Waals surface area contributed by atoms with Crippen LogP contribution in [0, 0.1) is 21.7 Å². The number of anilines is 1. The number of carbonyl (C=O) groups excluding carboxylic acids is 2. The van der Waals surface area contributed by atoms with Gasteiger partial charge in [-0.1, -0.05) is 6.07 Å². The molecule has 13 heteroatoms. The fourth-order valence-corrected chi connectivity index (χ4v) is 4.99. The number of thiophene rings is 1. The molecule has 1 amide bonds. The van der Waals surface area contributed by atoms with Crippen LogP contribution in [-0.4, -0.2) is 49.6 Å². The van der Waals surface area contributed by atoms with Gasteiger partial charge >= 0.3 is 12.1 Å². The third kappa shape index (κ3) is 6.30. The van der Waals surface area contributed by atoms with Crippen LogP contribution in [-0.2, 0) is 22.7 Å². The maximum atomic E-state index is 14.6. The summed E-state index contributed by atoms with van der Waals surface area (Å²) in [5.41, 5.74) is 2.74. The number of ether oxygens (including phenoxy) is 1. The van der Waals surface area contributed by atoms with Crippen molar-refractivity contribution in [3.63, 3.8) is 0 Å². The molecule has 0 bridgehead atoms. The fraction of sp³-hybridized carbons (Fsp3) is 0.280. The first-order valence-corrected chi connectivity index (χ1v) is 12.2. The van der Waals surface area contributed by atoms with Gasteiger partial charge in [-0.15, -0.1) is 11.3 Å². The molecule has 2 aromatic carbocycles. The molecule has 38 heavy (non-hydrogen) atoms. The standard InChI is InChI=1S/C25H26F2N4O6S/c1-5-36-24(32)21-18(13-29(3)4)22(15-9-11-16(12-10-15)31(34)35)38-23(21)30(25(33)37-28-2)14-17-19(26)7-6-8-20(17)27/h6-12,28H,5,13-14H2,1-4H3. The molecule has 1 heterocycles. The number of nitrogens with one attached hydrogen (secondary N) is 1. The van der Waals surface area contributed by atoms with E-state index in [-0.39, 0.29) is 29.4 Å². The molecule has 0 radical (unpaired) electrons. The van der Waals surface area contributed by atoms with E-state index in [0.29, 0.717) is 16.0 Å². The van der Waals surface area contributed by atoms with Crippen LogP contribution in [0.2, 0.25) is 0 Å². The van der Waals surface area contributed by atoms with Crippen LogP contribution in [0.5, 0.6) is 0 Å². The van der Waals surface area contributed by atoms with Crippen LogP contribution in [0.25, 0.3) is 10.4 Å². The fourth-order valence-electron chi connectivity index (χ4n) is 3.69.